The van der Waals surface area contributed by atoms with Gasteiger partial charge < -0.3 is 9.55 Å². The largest absolute Gasteiger partial charge is 0.340 e. The summed E-state index contributed by atoms with van der Waals surface area (Å²) in [5.41, 5.74) is 4.93. The van der Waals surface area contributed by atoms with Crippen LogP contribution in [0.3, 0.4) is 0 Å². The average Bonchev–Trinajstić information content (AvgIpc) is 3.69. The van der Waals surface area contributed by atoms with E-state index in [9.17, 15) is 14.8 Å². The normalized spacial score (nSPS) is 14.4. The molecule has 11 nitrogen and oxygen atoms in total. The van der Waals surface area contributed by atoms with Crippen LogP contribution in [-0.4, -0.2) is 45.9 Å². The van der Waals surface area contributed by atoms with Gasteiger partial charge in [-0.1, -0.05) is 23.7 Å². The number of hydrogen-bond acceptors (Lipinski definition) is 7. The lowest BCUT2D eigenvalue weighted by Gasteiger charge is -2.15. The van der Waals surface area contributed by atoms with Gasteiger partial charge in [0.1, 0.15) is 12.2 Å². The van der Waals surface area contributed by atoms with E-state index in [-0.39, 0.29) is 11.6 Å². The van der Waals surface area contributed by atoms with Crippen molar-refractivity contribution in [1.29, 1.82) is 0 Å². The van der Waals surface area contributed by atoms with Gasteiger partial charge in [0.05, 0.1) is 29.3 Å². The van der Waals surface area contributed by atoms with Crippen LogP contribution < -0.4 is 10.6 Å². The molecular weight excluding hydrogens is 508 g/mol. The zero-order valence-corrected chi connectivity index (χ0v) is 20.9. The number of halogens is 1. The first-order valence-electron chi connectivity index (χ1n) is 11.8. The van der Waals surface area contributed by atoms with Crippen molar-refractivity contribution in [3.63, 3.8) is 0 Å². The predicted molar refractivity (Wildman–Crippen MR) is 139 cm³/mol. The Balaban J connectivity index is 1.32. The highest BCUT2D eigenvalue weighted by Gasteiger charge is 2.28. The highest BCUT2D eigenvalue weighted by molar-refractivity contribution is 6.31. The van der Waals surface area contributed by atoms with E-state index < -0.39 is 5.91 Å². The Labute approximate surface area is 220 Å². The highest BCUT2D eigenvalue weighted by atomic mass is 35.5. The van der Waals surface area contributed by atoms with Crippen LogP contribution in [-0.2, 0) is 11.2 Å². The molecule has 38 heavy (non-hydrogen) atoms. The first-order valence-corrected chi connectivity index (χ1v) is 12.2. The molecule has 0 saturated carbocycles. The van der Waals surface area contributed by atoms with Gasteiger partial charge in [-0.2, -0.15) is 9.75 Å². The molecule has 2 aromatic carbocycles. The second kappa shape index (κ2) is 9.36. The number of rotatable bonds is 5. The summed E-state index contributed by atoms with van der Waals surface area (Å²) in [6.45, 7) is 1.28. The van der Waals surface area contributed by atoms with Crippen LogP contribution in [0.5, 0.6) is 0 Å². The summed E-state index contributed by atoms with van der Waals surface area (Å²) < 4.78 is 3.31. The molecule has 1 aliphatic rings. The quantitative estimate of drug-likeness (QED) is 0.261. The third kappa shape index (κ3) is 4.17. The summed E-state index contributed by atoms with van der Waals surface area (Å²) in [6, 6.07) is 15.6. The van der Waals surface area contributed by atoms with Crippen LogP contribution in [0.15, 0.2) is 71.9 Å². The number of carbonyl (C=O) groups is 1. The molecule has 5 aromatic rings. The fourth-order valence-electron chi connectivity index (χ4n) is 4.84. The number of anilines is 1. The van der Waals surface area contributed by atoms with Crippen LogP contribution in [0.1, 0.15) is 30.9 Å². The molecule has 3 aromatic heterocycles. The van der Waals surface area contributed by atoms with E-state index in [0.717, 1.165) is 34.5 Å². The zero-order chi connectivity index (χ0) is 26.4. The van der Waals surface area contributed by atoms with Gasteiger partial charge in [0.25, 0.3) is 5.56 Å². The lowest BCUT2D eigenvalue weighted by molar-refractivity contribution is -0.121. The number of imidazole rings is 1. The first kappa shape index (κ1) is 23.8. The number of nitrogens with one attached hydrogen (secondary N) is 1. The third-order valence-electron chi connectivity index (χ3n) is 6.63. The molecule has 0 unspecified atom stereocenters. The van der Waals surface area contributed by atoms with E-state index in [2.05, 4.69) is 25.5 Å². The molecular formula is C26H21ClN8O3. The summed E-state index contributed by atoms with van der Waals surface area (Å²) in [5, 5.41) is 22.4. The summed E-state index contributed by atoms with van der Waals surface area (Å²) in [6.07, 6.45) is 4.64. The van der Waals surface area contributed by atoms with Crippen LogP contribution in [0.25, 0.3) is 28.1 Å². The Morgan fingerprint density at radius 2 is 1.95 bits per heavy atom. The highest BCUT2D eigenvalue weighted by Crippen LogP contribution is 2.34. The van der Waals surface area contributed by atoms with Crippen molar-refractivity contribution in [2.24, 2.45) is 0 Å². The molecule has 0 bridgehead atoms. The fraction of sp³-hybridized carbons (Fsp3) is 0.154. The van der Waals surface area contributed by atoms with Crippen molar-refractivity contribution in [3.05, 3.63) is 94.0 Å². The Morgan fingerprint density at radius 1 is 1.13 bits per heavy atom. The van der Waals surface area contributed by atoms with Gasteiger partial charge in [0.15, 0.2) is 0 Å². The summed E-state index contributed by atoms with van der Waals surface area (Å²) >= 11 is 6.29. The van der Waals surface area contributed by atoms with Crippen molar-refractivity contribution in [2.45, 2.75) is 25.8 Å². The average molecular weight is 529 g/mol. The number of tetrazole rings is 1. The van der Waals surface area contributed by atoms with Crippen molar-refractivity contribution < 1.29 is 10.0 Å². The zero-order valence-electron chi connectivity index (χ0n) is 20.1. The molecule has 0 radical (unpaired) electrons. The molecule has 4 heterocycles. The Hall–Kier alpha value is -4.61. The summed E-state index contributed by atoms with van der Waals surface area (Å²) in [4.78, 5) is 32.7. The smallest absolute Gasteiger partial charge is 0.252 e. The van der Waals surface area contributed by atoms with E-state index in [1.807, 2.05) is 12.1 Å². The lowest BCUT2D eigenvalue weighted by Crippen LogP contribution is -2.24. The van der Waals surface area contributed by atoms with E-state index in [1.165, 1.54) is 17.9 Å². The second-order valence-corrected chi connectivity index (χ2v) is 9.41. The van der Waals surface area contributed by atoms with Gasteiger partial charge in [-0.15, -0.1) is 5.10 Å². The van der Waals surface area contributed by atoms with Crippen LogP contribution >= 0.6 is 11.6 Å². The standard InChI is InChI=1S/C26H21ClN8O3/c1-15(36)35(38)19-5-2-16(3-6-19)22-13-28-26(30-22)24-9-7-20-10-17(11-25(37)34(20)24)21-12-18(27)4-8-23(21)33-14-29-31-32-33/h2-6,8,10-14,24,38H,7,9H2,1H3,(H,28,30)/t24-/m0/s1. The Bertz CT molecular complexity index is 1710. The second-order valence-electron chi connectivity index (χ2n) is 8.97. The van der Waals surface area contributed by atoms with Crippen LogP contribution in [0, 0.1) is 0 Å². The monoisotopic (exact) mass is 528 g/mol. The van der Waals surface area contributed by atoms with Gasteiger partial charge in [-0.3, -0.25) is 14.8 Å². The number of fused-ring (bicyclic) bond motifs is 1. The molecule has 2 N–H and O–H groups in total. The third-order valence-corrected chi connectivity index (χ3v) is 6.87. The number of H-pyrrole nitrogens is 1. The van der Waals surface area contributed by atoms with Crippen molar-refractivity contribution in [3.8, 4) is 28.1 Å². The minimum absolute atomic E-state index is 0.141. The van der Waals surface area contributed by atoms with Crippen LogP contribution in [0.2, 0.25) is 5.02 Å². The molecule has 6 rings (SSSR count). The number of aromatic nitrogens is 7. The van der Waals surface area contributed by atoms with Crippen molar-refractivity contribution in [1.82, 2.24) is 34.7 Å². The van der Waals surface area contributed by atoms with Crippen LogP contribution in [0.4, 0.5) is 5.69 Å². The molecule has 0 saturated heterocycles. The first-order chi connectivity index (χ1) is 18.4. The topological polar surface area (TPSA) is 135 Å². The fourth-order valence-corrected chi connectivity index (χ4v) is 5.01. The molecule has 12 heteroatoms. The minimum Gasteiger partial charge on any atom is -0.340 e. The molecule has 0 aliphatic carbocycles. The molecule has 0 fully saturated rings. The maximum Gasteiger partial charge on any atom is 0.252 e. The maximum absolute atomic E-state index is 13.4. The van der Waals surface area contributed by atoms with Crippen molar-refractivity contribution in [2.75, 3.05) is 5.06 Å². The van der Waals surface area contributed by atoms with Crippen molar-refractivity contribution >= 4 is 23.2 Å². The van der Waals surface area contributed by atoms with E-state index in [1.54, 1.807) is 53.2 Å². The summed E-state index contributed by atoms with van der Waals surface area (Å²) in [7, 11) is 0. The van der Waals surface area contributed by atoms with E-state index in [4.69, 9.17) is 11.6 Å². The van der Waals surface area contributed by atoms with E-state index >= 15 is 0 Å². The molecule has 1 amide bonds. The number of hydrogen-bond donors (Lipinski definition) is 2. The van der Waals surface area contributed by atoms with Gasteiger partial charge in [0, 0.05) is 29.3 Å². The summed E-state index contributed by atoms with van der Waals surface area (Å²) in [5.74, 6) is 0.208. The Morgan fingerprint density at radius 3 is 2.68 bits per heavy atom. The molecule has 0 spiro atoms. The Kier molecular flexibility index (Phi) is 5.86. The minimum atomic E-state index is -0.475. The SMILES string of the molecule is CC(=O)N(O)c1ccc(-c2cnc([C@@H]3CCc4cc(-c5cc(Cl)ccc5-n5cnnn5)cc(=O)n43)[nH]2)cc1. The lowest BCUT2D eigenvalue weighted by atomic mass is 10.0. The van der Waals surface area contributed by atoms with Gasteiger partial charge in [-0.05, 0) is 70.8 Å². The number of aromatic amines is 1. The van der Waals surface area contributed by atoms with Gasteiger partial charge in [-0.25, -0.2) is 4.98 Å². The number of pyridine rings is 1. The number of amides is 1. The number of hydroxylamine groups is 1. The number of carbonyl (C=O) groups excluding carboxylic acids is 1. The number of nitrogens with zero attached hydrogens (tertiary/aromatic N) is 7. The molecule has 1 atom stereocenters. The maximum atomic E-state index is 13.4. The van der Waals surface area contributed by atoms with Gasteiger partial charge in [0.2, 0.25) is 5.91 Å². The predicted octanol–water partition coefficient (Wildman–Crippen LogP) is 3.81. The van der Waals surface area contributed by atoms with Gasteiger partial charge >= 0.3 is 0 Å². The van der Waals surface area contributed by atoms with E-state index in [0.29, 0.717) is 33.7 Å². The molecule has 190 valence electrons. The molecule has 1 aliphatic heterocycles. The number of aryl methyl sites for hydroxylation is 1. The number of benzene rings is 2.